The first-order valence-corrected chi connectivity index (χ1v) is 9.71. The van der Waals surface area contributed by atoms with Gasteiger partial charge in [0, 0.05) is 56.3 Å². The zero-order valence-corrected chi connectivity index (χ0v) is 17.5. The number of nitrogens with two attached hydrogens (primary N) is 1. The van der Waals surface area contributed by atoms with Crippen LogP contribution >= 0.6 is 23.2 Å². The maximum Gasteiger partial charge on any atom is 0.137 e. The second kappa shape index (κ2) is 9.58. The minimum Gasteiger partial charge on any atom is -0.398 e. The Morgan fingerprint density at radius 1 is 1.07 bits per heavy atom. The van der Waals surface area contributed by atoms with E-state index in [9.17, 15) is 0 Å². The lowest BCUT2D eigenvalue weighted by Gasteiger charge is -2.22. The van der Waals surface area contributed by atoms with Crippen molar-refractivity contribution in [2.45, 2.75) is 6.54 Å². The second-order valence-electron chi connectivity index (χ2n) is 6.48. The predicted molar refractivity (Wildman–Crippen MR) is 114 cm³/mol. The summed E-state index contributed by atoms with van der Waals surface area (Å²) in [4.78, 5) is 7.08. The number of rotatable bonds is 9. The molecular formula is C20H24Cl2N4O2. The normalized spacial score (nSPS) is 11.6. The molecule has 0 radical (unpaired) electrons. The van der Waals surface area contributed by atoms with Gasteiger partial charge in [0.2, 0.25) is 0 Å². The Labute approximate surface area is 174 Å². The first-order valence-electron chi connectivity index (χ1n) is 8.95. The standard InChI is InChI=1S/C20H24Cl2N4O2/c1-27-9-7-25(8-10-28-2)13-18-20(16-5-3-14(21)11-17(16)22)24-19-6-4-15(23)12-26(18)19/h3-6,11-12H,7-10,13,23H2,1-2H3. The van der Waals surface area contributed by atoms with Crippen LogP contribution in [0.2, 0.25) is 10.0 Å². The Kier molecular flexibility index (Phi) is 7.15. The van der Waals surface area contributed by atoms with E-state index in [2.05, 4.69) is 4.90 Å². The number of methoxy groups -OCH3 is 2. The summed E-state index contributed by atoms with van der Waals surface area (Å²) in [5, 5.41) is 1.15. The molecule has 0 bridgehead atoms. The van der Waals surface area contributed by atoms with Gasteiger partial charge in [-0.05, 0) is 30.3 Å². The van der Waals surface area contributed by atoms with Crippen LogP contribution in [0.15, 0.2) is 36.5 Å². The van der Waals surface area contributed by atoms with Crippen LogP contribution in [0.1, 0.15) is 5.69 Å². The number of halogens is 2. The molecule has 2 heterocycles. The summed E-state index contributed by atoms with van der Waals surface area (Å²) in [5.74, 6) is 0. The third-order valence-corrected chi connectivity index (χ3v) is 5.07. The molecule has 0 atom stereocenters. The van der Waals surface area contributed by atoms with Gasteiger partial charge in [-0.25, -0.2) is 4.98 Å². The number of anilines is 1. The summed E-state index contributed by atoms with van der Waals surface area (Å²) in [5.41, 5.74) is 10.2. The fourth-order valence-corrected chi connectivity index (χ4v) is 3.58. The summed E-state index contributed by atoms with van der Waals surface area (Å²) >= 11 is 12.6. The van der Waals surface area contributed by atoms with Crippen molar-refractivity contribution in [3.63, 3.8) is 0 Å². The molecule has 0 saturated carbocycles. The highest BCUT2D eigenvalue weighted by Crippen LogP contribution is 2.33. The molecule has 8 heteroatoms. The van der Waals surface area contributed by atoms with Crippen LogP contribution in [0.3, 0.4) is 0 Å². The average Bonchev–Trinajstić information content (AvgIpc) is 3.01. The highest BCUT2D eigenvalue weighted by Gasteiger charge is 2.19. The van der Waals surface area contributed by atoms with Gasteiger partial charge in [0.1, 0.15) is 5.65 Å². The van der Waals surface area contributed by atoms with E-state index >= 15 is 0 Å². The van der Waals surface area contributed by atoms with E-state index in [-0.39, 0.29) is 0 Å². The van der Waals surface area contributed by atoms with Crippen LogP contribution in [0.4, 0.5) is 5.69 Å². The van der Waals surface area contributed by atoms with Gasteiger partial charge in [0.05, 0.1) is 29.6 Å². The van der Waals surface area contributed by atoms with Crippen molar-refractivity contribution in [2.75, 3.05) is 46.3 Å². The molecule has 1 aromatic carbocycles. The quantitative estimate of drug-likeness (QED) is 0.564. The Morgan fingerprint density at radius 2 is 1.79 bits per heavy atom. The lowest BCUT2D eigenvalue weighted by atomic mass is 10.1. The fraction of sp³-hybridized carbons (Fsp3) is 0.350. The highest BCUT2D eigenvalue weighted by atomic mass is 35.5. The van der Waals surface area contributed by atoms with E-state index in [1.807, 2.05) is 34.9 Å². The second-order valence-corrected chi connectivity index (χ2v) is 7.33. The van der Waals surface area contributed by atoms with Crippen LogP contribution in [-0.2, 0) is 16.0 Å². The van der Waals surface area contributed by atoms with Crippen LogP contribution in [0, 0.1) is 0 Å². The SMILES string of the molecule is COCCN(CCOC)Cc1c(-c2ccc(Cl)cc2Cl)nc2ccc(N)cn12. The lowest BCUT2D eigenvalue weighted by Crippen LogP contribution is -2.31. The molecule has 0 saturated heterocycles. The smallest absolute Gasteiger partial charge is 0.137 e. The van der Waals surface area contributed by atoms with Crippen molar-refractivity contribution in [1.29, 1.82) is 0 Å². The third kappa shape index (κ3) is 4.77. The Hall–Kier alpha value is -1.83. The van der Waals surface area contributed by atoms with Crippen LogP contribution in [-0.4, -0.2) is 54.8 Å². The van der Waals surface area contributed by atoms with E-state index in [1.165, 1.54) is 0 Å². The third-order valence-electron chi connectivity index (χ3n) is 4.52. The molecule has 150 valence electrons. The summed E-state index contributed by atoms with van der Waals surface area (Å²) < 4.78 is 12.5. The maximum atomic E-state index is 6.49. The number of hydrogen-bond donors (Lipinski definition) is 1. The van der Waals surface area contributed by atoms with E-state index in [0.29, 0.717) is 35.5 Å². The van der Waals surface area contributed by atoms with Crippen LogP contribution < -0.4 is 5.73 Å². The van der Waals surface area contributed by atoms with E-state index in [4.69, 9.17) is 43.4 Å². The minimum absolute atomic E-state index is 0.561. The summed E-state index contributed by atoms with van der Waals surface area (Å²) in [6.07, 6.45) is 1.88. The molecule has 3 aromatic rings. The van der Waals surface area contributed by atoms with Gasteiger partial charge in [-0.2, -0.15) is 0 Å². The minimum atomic E-state index is 0.561. The molecule has 0 amide bonds. The van der Waals surface area contributed by atoms with E-state index in [1.54, 1.807) is 20.3 Å². The predicted octanol–water partition coefficient (Wildman–Crippen LogP) is 3.99. The van der Waals surface area contributed by atoms with Crippen molar-refractivity contribution in [3.05, 3.63) is 52.3 Å². The van der Waals surface area contributed by atoms with Gasteiger partial charge in [-0.15, -0.1) is 0 Å². The van der Waals surface area contributed by atoms with Crippen molar-refractivity contribution >= 4 is 34.5 Å². The first-order chi connectivity index (χ1) is 13.5. The summed E-state index contributed by atoms with van der Waals surface area (Å²) in [6, 6.07) is 9.19. The summed E-state index contributed by atoms with van der Waals surface area (Å²) in [6.45, 7) is 3.43. The van der Waals surface area contributed by atoms with E-state index < -0.39 is 0 Å². The molecule has 2 N–H and O–H groups in total. The Balaban J connectivity index is 2.08. The largest absolute Gasteiger partial charge is 0.398 e. The molecule has 0 fully saturated rings. The average molecular weight is 423 g/mol. The number of hydrogen-bond acceptors (Lipinski definition) is 5. The Bertz CT molecular complexity index is 937. The van der Waals surface area contributed by atoms with Gasteiger partial charge in [0.25, 0.3) is 0 Å². The van der Waals surface area contributed by atoms with Crippen molar-refractivity contribution in [3.8, 4) is 11.3 Å². The molecule has 28 heavy (non-hydrogen) atoms. The number of nitrogens with zero attached hydrogens (tertiary/aromatic N) is 3. The molecule has 0 unspecified atom stereocenters. The molecule has 2 aromatic heterocycles. The molecule has 0 aliphatic rings. The monoisotopic (exact) mass is 422 g/mol. The fourth-order valence-electron chi connectivity index (χ4n) is 3.08. The number of nitrogen functional groups attached to an aromatic ring is 1. The highest BCUT2D eigenvalue weighted by molar-refractivity contribution is 6.36. The molecular weight excluding hydrogens is 399 g/mol. The van der Waals surface area contributed by atoms with Gasteiger partial charge in [0.15, 0.2) is 0 Å². The van der Waals surface area contributed by atoms with Crippen molar-refractivity contribution in [1.82, 2.24) is 14.3 Å². The molecule has 3 rings (SSSR count). The van der Waals surface area contributed by atoms with Gasteiger partial charge in [-0.3, -0.25) is 4.90 Å². The number of benzene rings is 1. The summed E-state index contributed by atoms with van der Waals surface area (Å²) in [7, 11) is 3.39. The number of aromatic nitrogens is 2. The van der Waals surface area contributed by atoms with Gasteiger partial charge >= 0.3 is 0 Å². The van der Waals surface area contributed by atoms with E-state index in [0.717, 1.165) is 35.7 Å². The van der Waals surface area contributed by atoms with Crippen molar-refractivity contribution in [2.24, 2.45) is 0 Å². The first kappa shape index (κ1) is 20.9. The topological polar surface area (TPSA) is 65.0 Å². The number of imidazole rings is 1. The van der Waals surface area contributed by atoms with Crippen LogP contribution in [0.5, 0.6) is 0 Å². The Morgan fingerprint density at radius 3 is 2.43 bits per heavy atom. The number of pyridine rings is 1. The zero-order valence-electron chi connectivity index (χ0n) is 16.0. The van der Waals surface area contributed by atoms with Crippen LogP contribution in [0.25, 0.3) is 16.9 Å². The van der Waals surface area contributed by atoms with Gasteiger partial charge in [-0.1, -0.05) is 23.2 Å². The lowest BCUT2D eigenvalue weighted by molar-refractivity contribution is 0.109. The van der Waals surface area contributed by atoms with Gasteiger partial charge < -0.3 is 19.6 Å². The maximum absolute atomic E-state index is 6.49. The number of ether oxygens (including phenoxy) is 2. The molecule has 6 nitrogen and oxygen atoms in total. The molecule has 0 aliphatic heterocycles. The number of fused-ring (bicyclic) bond motifs is 1. The molecule has 0 aliphatic carbocycles. The zero-order chi connectivity index (χ0) is 20.1. The molecule has 0 spiro atoms. The van der Waals surface area contributed by atoms with Crippen molar-refractivity contribution < 1.29 is 9.47 Å².